The number of benzene rings is 1. The lowest BCUT2D eigenvalue weighted by Crippen LogP contribution is -2.48. The average Bonchev–Trinajstić information content (AvgIpc) is 2.99. The van der Waals surface area contributed by atoms with Crippen molar-refractivity contribution in [1.82, 2.24) is 15.2 Å². The number of hydrogen-bond acceptors (Lipinski definition) is 1. The molecule has 3 nitrogen and oxygen atoms in total. The van der Waals surface area contributed by atoms with E-state index in [0.29, 0.717) is 12.1 Å². The van der Waals surface area contributed by atoms with E-state index in [-0.39, 0.29) is 5.82 Å². The monoisotopic (exact) mass is 300 g/mol. The smallest absolute Gasteiger partial charge is 0.123 e. The third kappa shape index (κ3) is 2.66. The predicted octanol–water partition coefficient (Wildman–Crippen LogP) is 3.60. The number of rotatable bonds is 2. The maximum atomic E-state index is 13.6. The molecule has 2 unspecified atom stereocenters. The third-order valence-corrected chi connectivity index (χ3v) is 5.24. The molecule has 0 aliphatic carbocycles. The number of piperidine rings is 2. The summed E-state index contributed by atoms with van der Waals surface area (Å²) in [5.41, 5.74) is 2.31. The maximum absolute atomic E-state index is 13.6. The molecular formula is C18H23FN3. The molecule has 117 valence electrons. The van der Waals surface area contributed by atoms with Gasteiger partial charge in [-0.2, -0.15) is 0 Å². The first-order valence-electron chi connectivity index (χ1n) is 8.48. The summed E-state index contributed by atoms with van der Waals surface area (Å²) in [6.45, 7) is 3.29. The van der Waals surface area contributed by atoms with Crippen molar-refractivity contribution < 1.29 is 4.39 Å². The Labute approximate surface area is 130 Å². The van der Waals surface area contributed by atoms with Gasteiger partial charge in [-0.15, -0.1) is 0 Å². The normalized spacial score (nSPS) is 27.3. The maximum Gasteiger partial charge on any atom is 0.123 e. The zero-order valence-electron chi connectivity index (χ0n) is 12.9. The number of nitrogens with one attached hydrogen (secondary N) is 1. The summed E-state index contributed by atoms with van der Waals surface area (Å²) in [5, 5.41) is 5.90. The number of fused-ring (bicyclic) bond motifs is 1. The Morgan fingerprint density at radius 1 is 1.18 bits per heavy atom. The summed E-state index contributed by atoms with van der Waals surface area (Å²) in [7, 11) is 0. The van der Waals surface area contributed by atoms with Gasteiger partial charge in [0, 0.05) is 23.6 Å². The molecule has 1 aromatic carbocycles. The molecule has 22 heavy (non-hydrogen) atoms. The number of likely N-dealkylation sites (tertiary alicyclic amines) is 1. The number of aromatic nitrogens is 1. The molecule has 2 fully saturated rings. The van der Waals surface area contributed by atoms with Gasteiger partial charge in [-0.3, -0.25) is 4.90 Å². The second-order valence-electron chi connectivity index (χ2n) is 6.64. The summed E-state index contributed by atoms with van der Waals surface area (Å²) < 4.78 is 13.6. The molecule has 2 aliphatic heterocycles. The molecule has 1 radical (unpaired) electrons. The lowest BCUT2D eigenvalue weighted by Gasteiger charge is -2.39. The van der Waals surface area contributed by atoms with Crippen LogP contribution in [0.3, 0.4) is 0 Å². The zero-order chi connectivity index (χ0) is 14.9. The van der Waals surface area contributed by atoms with Gasteiger partial charge in [0.05, 0.1) is 6.17 Å². The van der Waals surface area contributed by atoms with E-state index in [1.165, 1.54) is 44.0 Å². The highest BCUT2D eigenvalue weighted by Crippen LogP contribution is 2.35. The first-order chi connectivity index (χ1) is 10.8. The molecule has 4 heteroatoms. The standard InChI is InChI=1S/C18H23FN3/c19-14-4-5-17-15(11-14)16(12-21-17)13-6-7-20-18(10-13)22-8-2-1-3-9-22/h4-5,11-13,18,21H,1-3,6-10H2. The minimum absolute atomic E-state index is 0.151. The highest BCUT2D eigenvalue weighted by atomic mass is 19.1. The fraction of sp³-hybridized carbons (Fsp3) is 0.556. The molecule has 2 saturated heterocycles. The van der Waals surface area contributed by atoms with Crippen LogP contribution in [0.4, 0.5) is 4.39 Å². The number of nitrogens with zero attached hydrogens (tertiary/aromatic N) is 2. The molecule has 1 N–H and O–H groups in total. The Morgan fingerprint density at radius 3 is 2.91 bits per heavy atom. The third-order valence-electron chi connectivity index (χ3n) is 5.24. The molecule has 2 aromatic rings. The number of H-pyrrole nitrogens is 1. The van der Waals surface area contributed by atoms with Gasteiger partial charge in [-0.1, -0.05) is 6.42 Å². The number of halogens is 1. The van der Waals surface area contributed by atoms with Crippen LogP contribution in [0.1, 0.15) is 43.6 Å². The zero-order valence-corrected chi connectivity index (χ0v) is 12.9. The minimum Gasteiger partial charge on any atom is -0.361 e. The summed E-state index contributed by atoms with van der Waals surface area (Å²) in [6.07, 6.45) is 8.54. The van der Waals surface area contributed by atoms with E-state index in [1.54, 1.807) is 6.07 Å². The van der Waals surface area contributed by atoms with Gasteiger partial charge in [-0.25, -0.2) is 9.71 Å². The lowest BCUT2D eigenvalue weighted by molar-refractivity contribution is 0.104. The van der Waals surface area contributed by atoms with Crippen molar-refractivity contribution in [2.45, 2.75) is 44.2 Å². The first-order valence-corrected chi connectivity index (χ1v) is 8.48. The number of hydrogen-bond donors (Lipinski definition) is 1. The van der Waals surface area contributed by atoms with Crippen LogP contribution in [0.25, 0.3) is 10.9 Å². The predicted molar refractivity (Wildman–Crippen MR) is 86.4 cm³/mol. The van der Waals surface area contributed by atoms with Crippen molar-refractivity contribution in [2.75, 3.05) is 19.6 Å². The Morgan fingerprint density at radius 2 is 2.05 bits per heavy atom. The molecule has 0 spiro atoms. The van der Waals surface area contributed by atoms with Crippen molar-refractivity contribution in [3.63, 3.8) is 0 Å². The van der Waals surface area contributed by atoms with E-state index in [4.69, 9.17) is 5.32 Å². The summed E-state index contributed by atoms with van der Waals surface area (Å²) >= 11 is 0. The van der Waals surface area contributed by atoms with Crippen LogP contribution >= 0.6 is 0 Å². The molecule has 2 aliphatic rings. The fourth-order valence-electron chi connectivity index (χ4n) is 4.04. The van der Waals surface area contributed by atoms with E-state index >= 15 is 0 Å². The van der Waals surface area contributed by atoms with Gasteiger partial charge in [0.1, 0.15) is 5.82 Å². The lowest BCUT2D eigenvalue weighted by atomic mass is 9.87. The first kappa shape index (κ1) is 14.2. The topological polar surface area (TPSA) is 33.1 Å². The average molecular weight is 300 g/mol. The molecule has 4 rings (SSSR count). The Balaban J connectivity index is 1.57. The van der Waals surface area contributed by atoms with Crippen LogP contribution in [0, 0.1) is 5.82 Å². The van der Waals surface area contributed by atoms with Gasteiger partial charge in [0.25, 0.3) is 0 Å². The number of aromatic amines is 1. The van der Waals surface area contributed by atoms with E-state index in [1.807, 2.05) is 6.07 Å². The van der Waals surface area contributed by atoms with E-state index in [2.05, 4.69) is 16.1 Å². The van der Waals surface area contributed by atoms with Crippen molar-refractivity contribution in [1.29, 1.82) is 0 Å². The van der Waals surface area contributed by atoms with Crippen LogP contribution in [0.5, 0.6) is 0 Å². The fourth-order valence-corrected chi connectivity index (χ4v) is 4.04. The van der Waals surface area contributed by atoms with Crippen molar-refractivity contribution >= 4 is 10.9 Å². The van der Waals surface area contributed by atoms with Crippen molar-refractivity contribution in [3.8, 4) is 0 Å². The van der Waals surface area contributed by atoms with Gasteiger partial charge in [-0.05, 0) is 68.5 Å². The van der Waals surface area contributed by atoms with Crippen LogP contribution in [0.15, 0.2) is 24.4 Å². The van der Waals surface area contributed by atoms with Gasteiger partial charge in [0.2, 0.25) is 0 Å². The second-order valence-corrected chi connectivity index (χ2v) is 6.64. The summed E-state index contributed by atoms with van der Waals surface area (Å²) in [4.78, 5) is 5.84. The van der Waals surface area contributed by atoms with E-state index in [0.717, 1.165) is 30.3 Å². The van der Waals surface area contributed by atoms with Gasteiger partial charge < -0.3 is 4.98 Å². The van der Waals surface area contributed by atoms with Crippen molar-refractivity contribution in [2.24, 2.45) is 0 Å². The Bertz CT molecular complexity index is 645. The second kappa shape index (κ2) is 6.01. The molecule has 1 aromatic heterocycles. The SMILES string of the molecule is Fc1ccc2[nH]cc(C3CC[N]C(N4CCCCC4)C3)c2c1. The summed E-state index contributed by atoms with van der Waals surface area (Å²) in [5.74, 6) is 0.335. The van der Waals surface area contributed by atoms with Crippen LogP contribution in [0.2, 0.25) is 0 Å². The minimum atomic E-state index is -0.151. The highest BCUT2D eigenvalue weighted by molar-refractivity contribution is 5.83. The molecular weight excluding hydrogens is 277 g/mol. The largest absolute Gasteiger partial charge is 0.361 e. The molecule has 3 heterocycles. The quantitative estimate of drug-likeness (QED) is 0.903. The summed E-state index contributed by atoms with van der Waals surface area (Å²) in [6, 6.07) is 5.03. The van der Waals surface area contributed by atoms with Gasteiger partial charge >= 0.3 is 0 Å². The Hall–Kier alpha value is -1.39. The highest BCUT2D eigenvalue weighted by Gasteiger charge is 2.30. The molecule has 0 saturated carbocycles. The van der Waals surface area contributed by atoms with Crippen molar-refractivity contribution in [3.05, 3.63) is 35.8 Å². The molecule has 0 bridgehead atoms. The van der Waals surface area contributed by atoms with Crippen LogP contribution in [-0.2, 0) is 0 Å². The molecule has 0 amide bonds. The van der Waals surface area contributed by atoms with Gasteiger partial charge in [0.15, 0.2) is 0 Å². The Kier molecular flexibility index (Phi) is 3.89. The van der Waals surface area contributed by atoms with Crippen LogP contribution < -0.4 is 5.32 Å². The van der Waals surface area contributed by atoms with E-state index in [9.17, 15) is 4.39 Å². The van der Waals surface area contributed by atoms with Crippen LogP contribution in [-0.4, -0.2) is 35.7 Å². The van der Waals surface area contributed by atoms with E-state index < -0.39 is 0 Å². The molecule has 2 atom stereocenters.